The van der Waals surface area contributed by atoms with Crippen LogP contribution in [0.25, 0.3) is 0 Å². The lowest BCUT2D eigenvalue weighted by molar-refractivity contribution is -0.384. The second-order valence-electron chi connectivity index (χ2n) is 7.36. The van der Waals surface area contributed by atoms with Gasteiger partial charge in [0.15, 0.2) is 5.78 Å². The molecule has 0 bridgehead atoms. The number of nitro benzene ring substituents is 1. The van der Waals surface area contributed by atoms with Crippen molar-refractivity contribution >= 4 is 40.1 Å². The Labute approximate surface area is 188 Å². The van der Waals surface area contributed by atoms with E-state index in [-0.39, 0.29) is 33.6 Å². The first-order valence-corrected chi connectivity index (χ1v) is 11.1. The molecule has 1 aromatic heterocycles. The summed E-state index contributed by atoms with van der Waals surface area (Å²) in [7, 11) is 0. The summed E-state index contributed by atoms with van der Waals surface area (Å²) < 4.78 is 0. The molecule has 2 aliphatic rings. The molecule has 2 aromatic rings. The molecule has 1 aliphatic heterocycles. The van der Waals surface area contributed by atoms with Gasteiger partial charge in [-0.2, -0.15) is 5.26 Å². The maximum Gasteiger partial charge on any atom is 0.294 e. The number of nitrogens with two attached hydrogens (primary N) is 1. The van der Waals surface area contributed by atoms with E-state index in [2.05, 4.69) is 6.07 Å². The first kappa shape index (κ1) is 21.1. The summed E-state index contributed by atoms with van der Waals surface area (Å²) in [6.07, 6.45) is 2.36. The summed E-state index contributed by atoms with van der Waals surface area (Å²) in [5.74, 6) is -0.502. The Hall–Kier alpha value is -3.15. The standard InChI is InChI=1S/C22H19ClN4O3S/c1-2-13-7-9-19(31-13)20-14(11-24)22(25)26(16-4-3-5-18(28)21(16)20)15-8-6-12(23)10-17(15)27(29)30/h6-10,20H,2-5,25H2,1H3/t20-/m0/s1. The van der Waals surface area contributed by atoms with Crippen LogP contribution in [0.15, 0.2) is 53.0 Å². The average Bonchev–Trinajstić information content (AvgIpc) is 3.22. The van der Waals surface area contributed by atoms with Gasteiger partial charge in [0.05, 0.1) is 22.5 Å². The largest absolute Gasteiger partial charge is 0.384 e. The molecule has 0 fully saturated rings. The van der Waals surface area contributed by atoms with E-state index < -0.39 is 10.8 Å². The number of anilines is 1. The number of ketones is 1. The number of nitriles is 1. The van der Waals surface area contributed by atoms with E-state index in [9.17, 15) is 20.2 Å². The number of hydrogen-bond donors (Lipinski definition) is 1. The van der Waals surface area contributed by atoms with Gasteiger partial charge in [0, 0.05) is 38.5 Å². The number of rotatable bonds is 4. The summed E-state index contributed by atoms with van der Waals surface area (Å²) in [5, 5.41) is 22.0. The number of nitrogens with zero attached hydrogens (tertiary/aromatic N) is 3. The SMILES string of the molecule is CCc1ccc([C@@H]2C(C#N)=C(N)N(c3ccc(Cl)cc3[N+](=O)[O-])C3=C2C(=O)CCC3)s1. The summed E-state index contributed by atoms with van der Waals surface area (Å²) >= 11 is 7.54. The number of benzene rings is 1. The Morgan fingerprint density at radius 2 is 2.13 bits per heavy atom. The molecular formula is C22H19ClN4O3S. The lowest BCUT2D eigenvalue weighted by Gasteiger charge is -2.39. The van der Waals surface area contributed by atoms with Crippen LogP contribution in [0.5, 0.6) is 0 Å². The minimum absolute atomic E-state index is 0.0560. The van der Waals surface area contributed by atoms with Crippen LogP contribution in [0.4, 0.5) is 11.4 Å². The Kier molecular flexibility index (Phi) is 5.56. The zero-order valence-corrected chi connectivity index (χ0v) is 18.3. The Morgan fingerprint density at radius 1 is 1.35 bits per heavy atom. The van der Waals surface area contributed by atoms with Crippen LogP contribution in [-0.2, 0) is 11.2 Å². The van der Waals surface area contributed by atoms with E-state index in [1.165, 1.54) is 23.1 Å². The number of carbonyl (C=O) groups is 1. The predicted molar refractivity (Wildman–Crippen MR) is 120 cm³/mol. The van der Waals surface area contributed by atoms with Gasteiger partial charge >= 0.3 is 0 Å². The summed E-state index contributed by atoms with van der Waals surface area (Å²) in [6.45, 7) is 2.05. The van der Waals surface area contributed by atoms with Crippen molar-refractivity contribution in [2.24, 2.45) is 5.73 Å². The van der Waals surface area contributed by atoms with Crippen molar-refractivity contribution < 1.29 is 9.72 Å². The zero-order chi connectivity index (χ0) is 22.3. The highest BCUT2D eigenvalue weighted by molar-refractivity contribution is 7.12. The number of allylic oxidation sites excluding steroid dienone is 3. The minimum atomic E-state index is -0.555. The minimum Gasteiger partial charge on any atom is -0.384 e. The maximum atomic E-state index is 13.1. The van der Waals surface area contributed by atoms with E-state index in [0.29, 0.717) is 30.5 Å². The fourth-order valence-corrected chi connectivity index (χ4v) is 5.46. The molecule has 31 heavy (non-hydrogen) atoms. The quantitative estimate of drug-likeness (QED) is 0.503. The van der Waals surface area contributed by atoms with Crippen molar-refractivity contribution in [3.05, 3.63) is 77.9 Å². The molecule has 0 amide bonds. The fraction of sp³-hybridized carbons (Fsp3) is 0.273. The number of thiophene rings is 1. The van der Waals surface area contributed by atoms with Gasteiger partial charge in [0.25, 0.3) is 5.69 Å². The highest BCUT2D eigenvalue weighted by Gasteiger charge is 2.42. The summed E-state index contributed by atoms with van der Waals surface area (Å²) in [4.78, 5) is 27.8. The predicted octanol–water partition coefficient (Wildman–Crippen LogP) is 5.18. The van der Waals surface area contributed by atoms with Crippen LogP contribution >= 0.6 is 22.9 Å². The summed E-state index contributed by atoms with van der Waals surface area (Å²) in [6, 6.07) is 10.4. The molecule has 0 unspecified atom stereocenters. The van der Waals surface area contributed by atoms with Gasteiger partial charge < -0.3 is 5.73 Å². The van der Waals surface area contributed by atoms with Crippen molar-refractivity contribution in [3.63, 3.8) is 0 Å². The Balaban J connectivity index is 1.99. The maximum absolute atomic E-state index is 13.1. The number of nitro groups is 1. The average molecular weight is 455 g/mol. The van der Waals surface area contributed by atoms with E-state index in [4.69, 9.17) is 17.3 Å². The number of aryl methyl sites for hydroxylation is 1. The van der Waals surface area contributed by atoms with Crippen molar-refractivity contribution in [1.82, 2.24) is 0 Å². The van der Waals surface area contributed by atoms with Crippen LogP contribution in [0.3, 0.4) is 0 Å². The number of Topliss-reactive ketones (excluding diaryl/α,β-unsaturated/α-hetero) is 1. The molecule has 0 spiro atoms. The second kappa shape index (κ2) is 8.17. The molecular weight excluding hydrogens is 436 g/mol. The van der Waals surface area contributed by atoms with Crippen LogP contribution in [0, 0.1) is 21.4 Å². The third-order valence-electron chi connectivity index (χ3n) is 5.60. The highest BCUT2D eigenvalue weighted by atomic mass is 35.5. The van der Waals surface area contributed by atoms with E-state index >= 15 is 0 Å². The summed E-state index contributed by atoms with van der Waals surface area (Å²) in [5.41, 5.74) is 7.79. The molecule has 1 atom stereocenters. The molecule has 7 nitrogen and oxygen atoms in total. The number of hydrogen-bond acceptors (Lipinski definition) is 7. The Morgan fingerprint density at radius 3 is 2.77 bits per heavy atom. The lowest BCUT2D eigenvalue weighted by Crippen LogP contribution is -2.38. The molecule has 158 valence electrons. The number of halogens is 1. The first-order valence-electron chi connectivity index (χ1n) is 9.86. The zero-order valence-electron chi connectivity index (χ0n) is 16.7. The molecule has 9 heteroatoms. The van der Waals surface area contributed by atoms with Gasteiger partial charge in [-0.25, -0.2) is 0 Å². The van der Waals surface area contributed by atoms with E-state index in [1.807, 2.05) is 19.1 Å². The molecule has 2 N–H and O–H groups in total. The van der Waals surface area contributed by atoms with Gasteiger partial charge in [0.2, 0.25) is 0 Å². The fourth-order valence-electron chi connectivity index (χ4n) is 4.22. The van der Waals surface area contributed by atoms with Crippen molar-refractivity contribution in [1.29, 1.82) is 5.26 Å². The molecule has 1 aromatic carbocycles. The topological polar surface area (TPSA) is 113 Å². The van der Waals surface area contributed by atoms with Crippen LogP contribution in [-0.4, -0.2) is 10.7 Å². The van der Waals surface area contributed by atoms with Gasteiger partial charge in [-0.15, -0.1) is 11.3 Å². The molecule has 4 rings (SSSR count). The smallest absolute Gasteiger partial charge is 0.294 e. The highest BCUT2D eigenvalue weighted by Crippen LogP contribution is 2.49. The van der Waals surface area contributed by atoms with Gasteiger partial charge in [-0.3, -0.25) is 19.8 Å². The third-order valence-corrected chi connectivity index (χ3v) is 7.13. The van der Waals surface area contributed by atoms with Crippen molar-refractivity contribution in [2.45, 2.75) is 38.5 Å². The molecule has 2 heterocycles. The molecule has 0 saturated carbocycles. The van der Waals surface area contributed by atoms with E-state index in [0.717, 1.165) is 16.2 Å². The lowest BCUT2D eigenvalue weighted by atomic mass is 9.78. The third kappa shape index (κ3) is 3.50. The van der Waals surface area contributed by atoms with Gasteiger partial charge in [-0.1, -0.05) is 18.5 Å². The van der Waals surface area contributed by atoms with Gasteiger partial charge in [-0.05, 0) is 43.5 Å². The second-order valence-corrected chi connectivity index (χ2v) is 9.00. The molecule has 0 saturated heterocycles. The van der Waals surface area contributed by atoms with Crippen LogP contribution < -0.4 is 10.6 Å². The Bertz CT molecular complexity index is 1210. The van der Waals surface area contributed by atoms with Crippen molar-refractivity contribution in [3.8, 4) is 6.07 Å². The van der Waals surface area contributed by atoms with E-state index in [1.54, 1.807) is 11.3 Å². The van der Waals surface area contributed by atoms with Crippen molar-refractivity contribution in [2.75, 3.05) is 4.90 Å². The molecule has 1 aliphatic carbocycles. The monoisotopic (exact) mass is 454 g/mol. The van der Waals surface area contributed by atoms with Gasteiger partial charge in [0.1, 0.15) is 11.5 Å². The van der Waals surface area contributed by atoms with Crippen LogP contribution in [0.2, 0.25) is 5.02 Å². The number of carbonyl (C=O) groups excluding carboxylic acids is 1. The molecule has 0 radical (unpaired) electrons. The normalized spacial score (nSPS) is 18.8. The van der Waals surface area contributed by atoms with Crippen LogP contribution in [0.1, 0.15) is 41.9 Å². The first-order chi connectivity index (χ1) is 14.9.